The number of hydrogen-bond donors (Lipinski definition) is 14. The Morgan fingerprint density at radius 3 is 1.39 bits per heavy atom. The smallest absolute Gasteiger partial charge is 0.217 e. The molecule has 0 saturated carbocycles. The van der Waals surface area contributed by atoms with E-state index in [0.717, 1.165) is 13.8 Å². The molecule has 4 fully saturated rings. The van der Waals surface area contributed by atoms with Gasteiger partial charge in [0.15, 0.2) is 25.2 Å². The maximum atomic E-state index is 12.4. The Balaban J connectivity index is 1.69. The molecule has 2 amide bonds. The van der Waals surface area contributed by atoms with Crippen molar-refractivity contribution >= 4 is 11.8 Å². The van der Waals surface area contributed by atoms with Gasteiger partial charge in [-0.25, -0.2) is 0 Å². The summed E-state index contributed by atoms with van der Waals surface area (Å²) in [5, 5.41) is 130. The van der Waals surface area contributed by atoms with Crippen molar-refractivity contribution in [3.63, 3.8) is 0 Å². The molecular formula is C28H48N2O21. The molecule has 0 spiro atoms. The molecule has 20 atom stereocenters. The summed E-state index contributed by atoms with van der Waals surface area (Å²) in [5.74, 6) is -1.49. The lowest BCUT2D eigenvalue weighted by molar-refractivity contribution is -0.382. The van der Waals surface area contributed by atoms with E-state index >= 15 is 0 Å². The van der Waals surface area contributed by atoms with Gasteiger partial charge in [0.1, 0.15) is 97.5 Å². The lowest BCUT2D eigenvalue weighted by Crippen LogP contribution is -2.70. The number of aliphatic hydroxyl groups is 12. The van der Waals surface area contributed by atoms with Crippen molar-refractivity contribution in [2.75, 3.05) is 26.4 Å². The molecule has 4 aliphatic heterocycles. The minimum absolute atomic E-state index is 0.709. The van der Waals surface area contributed by atoms with Gasteiger partial charge in [0.25, 0.3) is 0 Å². The highest BCUT2D eigenvalue weighted by atomic mass is 16.8. The van der Waals surface area contributed by atoms with E-state index in [1.165, 1.54) is 0 Å². The molecule has 23 heteroatoms. The minimum Gasteiger partial charge on any atom is -0.394 e. The first-order chi connectivity index (χ1) is 24.1. The van der Waals surface area contributed by atoms with Crippen LogP contribution in [0, 0.1) is 0 Å². The van der Waals surface area contributed by atoms with Crippen LogP contribution in [0.4, 0.5) is 0 Å². The number of hydrogen-bond acceptors (Lipinski definition) is 21. The van der Waals surface area contributed by atoms with Crippen LogP contribution in [0.3, 0.4) is 0 Å². The second-order valence-corrected chi connectivity index (χ2v) is 12.6. The molecule has 0 radical (unpaired) electrons. The van der Waals surface area contributed by atoms with Crippen molar-refractivity contribution < 1.29 is 104 Å². The number of ether oxygens (including phenoxy) is 7. The van der Waals surface area contributed by atoms with Gasteiger partial charge in [-0.05, 0) is 0 Å². The third-order valence-corrected chi connectivity index (χ3v) is 9.01. The van der Waals surface area contributed by atoms with Crippen LogP contribution in [0.2, 0.25) is 0 Å². The standard InChI is InChI=1S/C28H48N2O21/c1-7(35)29-13-22(17(39)11(5-33)45-25(13)44)50-28-24(20(42)16(38)10(4-32)48-28)51-26-14(30-8(2)36)23(18(40)12(6-34)46-26)49-27-21(43)19(41)15(37)9(3-31)47-27/h9-28,31-34,37-44H,3-6H2,1-2H3,(H,29,35)(H,30,36)/t9-,10-,11-,12-,13-,14-,15+,16+,17-,18-,19+,20+,21-,22-,23-,24-,25?,26+,27+,28+/m1/s1. The van der Waals surface area contributed by atoms with Crippen LogP contribution >= 0.6 is 0 Å². The van der Waals surface area contributed by atoms with Crippen molar-refractivity contribution in [2.24, 2.45) is 0 Å². The minimum atomic E-state index is -2.03. The molecule has 0 aromatic rings. The van der Waals surface area contributed by atoms with E-state index < -0.39 is 161 Å². The monoisotopic (exact) mass is 748 g/mol. The summed E-state index contributed by atoms with van der Waals surface area (Å²) in [5.41, 5.74) is 0. The van der Waals surface area contributed by atoms with Gasteiger partial charge in [0.05, 0.1) is 26.4 Å². The fraction of sp³-hybridized carbons (Fsp3) is 0.929. The average Bonchev–Trinajstić information content (AvgIpc) is 3.09. The Morgan fingerprint density at radius 1 is 0.471 bits per heavy atom. The molecule has 4 saturated heterocycles. The molecule has 0 aromatic heterocycles. The van der Waals surface area contributed by atoms with Gasteiger partial charge in [-0.1, -0.05) is 0 Å². The third kappa shape index (κ3) is 9.11. The van der Waals surface area contributed by atoms with Crippen molar-refractivity contribution in [2.45, 2.75) is 137 Å². The Hall–Kier alpha value is -1.82. The van der Waals surface area contributed by atoms with Crippen molar-refractivity contribution in [1.29, 1.82) is 0 Å². The van der Waals surface area contributed by atoms with E-state index in [1.54, 1.807) is 0 Å². The summed E-state index contributed by atoms with van der Waals surface area (Å²) in [6.45, 7) is -1.35. The molecule has 1 unspecified atom stereocenters. The summed E-state index contributed by atoms with van der Waals surface area (Å²) in [4.78, 5) is 24.4. The number of amides is 2. The summed E-state index contributed by atoms with van der Waals surface area (Å²) >= 11 is 0. The number of rotatable bonds is 12. The van der Waals surface area contributed by atoms with Crippen LogP contribution in [-0.4, -0.2) is 222 Å². The Kier molecular flexibility index (Phi) is 14.8. The lowest BCUT2D eigenvalue weighted by atomic mass is 9.94. The van der Waals surface area contributed by atoms with Gasteiger partial charge in [0, 0.05) is 13.8 Å². The summed E-state index contributed by atoms with van der Waals surface area (Å²) in [6.07, 6.45) is -32.1. The maximum absolute atomic E-state index is 12.4. The first kappa shape index (κ1) is 41.9. The van der Waals surface area contributed by atoms with Gasteiger partial charge < -0.3 is 105 Å². The summed E-state index contributed by atoms with van der Waals surface area (Å²) < 4.78 is 39.6. The zero-order chi connectivity index (χ0) is 37.9. The molecule has 14 N–H and O–H groups in total. The van der Waals surface area contributed by atoms with Gasteiger partial charge in [-0.3, -0.25) is 9.59 Å². The van der Waals surface area contributed by atoms with Crippen LogP contribution in [0.1, 0.15) is 13.8 Å². The zero-order valence-corrected chi connectivity index (χ0v) is 27.4. The topological polar surface area (TPSA) is 366 Å². The maximum Gasteiger partial charge on any atom is 0.217 e. The Bertz CT molecular complexity index is 1140. The normalized spacial score (nSPS) is 47.8. The van der Waals surface area contributed by atoms with E-state index in [9.17, 15) is 70.9 Å². The second-order valence-electron chi connectivity index (χ2n) is 12.6. The quantitative estimate of drug-likeness (QED) is 0.0881. The van der Waals surface area contributed by atoms with Crippen LogP contribution in [-0.2, 0) is 42.7 Å². The highest BCUT2D eigenvalue weighted by Crippen LogP contribution is 2.34. The van der Waals surface area contributed by atoms with Gasteiger partial charge >= 0.3 is 0 Å². The number of aliphatic hydroxyl groups excluding tert-OH is 12. The highest BCUT2D eigenvalue weighted by Gasteiger charge is 2.56. The molecule has 0 aromatic carbocycles. The van der Waals surface area contributed by atoms with E-state index in [0.29, 0.717) is 0 Å². The number of carbonyl (C=O) groups is 2. The second kappa shape index (κ2) is 18.0. The Labute approximate surface area is 289 Å². The van der Waals surface area contributed by atoms with Crippen LogP contribution in [0.25, 0.3) is 0 Å². The molecule has 296 valence electrons. The SMILES string of the molecule is CC(=O)N[C@H]1[C@H](O[C@H]2[C@H](O[C@H]3[C@H](O)[C@@H](CO)OC(O)[C@@H]3NC(C)=O)O[C@H](CO)[C@H](O)[C@@H]2O)O[C@H](CO)[C@@H](O)[C@@H]1O[C@@H]1O[C@H](CO)[C@H](O)[C@H](O)[C@H]1O. The third-order valence-electron chi connectivity index (χ3n) is 9.01. The van der Waals surface area contributed by atoms with E-state index in [-0.39, 0.29) is 0 Å². The fourth-order valence-corrected chi connectivity index (χ4v) is 6.32. The average molecular weight is 749 g/mol. The first-order valence-electron chi connectivity index (χ1n) is 16.1. The van der Waals surface area contributed by atoms with E-state index in [2.05, 4.69) is 10.6 Å². The summed E-state index contributed by atoms with van der Waals surface area (Å²) in [7, 11) is 0. The van der Waals surface area contributed by atoms with Crippen molar-refractivity contribution in [1.82, 2.24) is 10.6 Å². The predicted molar refractivity (Wildman–Crippen MR) is 157 cm³/mol. The van der Waals surface area contributed by atoms with Gasteiger partial charge in [-0.15, -0.1) is 0 Å². The molecule has 4 heterocycles. The van der Waals surface area contributed by atoms with Crippen molar-refractivity contribution in [3.05, 3.63) is 0 Å². The zero-order valence-electron chi connectivity index (χ0n) is 27.4. The van der Waals surface area contributed by atoms with E-state index in [4.69, 9.17) is 33.2 Å². The Morgan fingerprint density at radius 2 is 0.863 bits per heavy atom. The van der Waals surface area contributed by atoms with Crippen molar-refractivity contribution in [3.8, 4) is 0 Å². The molecule has 23 nitrogen and oxygen atoms in total. The number of nitrogens with one attached hydrogen (secondary N) is 2. The molecule has 0 aliphatic carbocycles. The highest BCUT2D eigenvalue weighted by molar-refractivity contribution is 5.73. The van der Waals surface area contributed by atoms with Gasteiger partial charge in [0.2, 0.25) is 11.8 Å². The molecular weight excluding hydrogens is 700 g/mol. The predicted octanol–water partition coefficient (Wildman–Crippen LogP) is -9.46. The molecule has 4 rings (SSSR count). The molecule has 0 bridgehead atoms. The molecule has 51 heavy (non-hydrogen) atoms. The molecule has 4 aliphatic rings. The van der Waals surface area contributed by atoms with E-state index in [1.807, 2.05) is 0 Å². The summed E-state index contributed by atoms with van der Waals surface area (Å²) in [6, 6.07) is -3.17. The van der Waals surface area contributed by atoms with Crippen LogP contribution in [0.15, 0.2) is 0 Å². The largest absolute Gasteiger partial charge is 0.394 e. The lowest BCUT2D eigenvalue weighted by Gasteiger charge is -2.50. The first-order valence-corrected chi connectivity index (χ1v) is 16.1. The number of carbonyl (C=O) groups excluding carboxylic acids is 2. The van der Waals surface area contributed by atoms with Gasteiger partial charge in [-0.2, -0.15) is 0 Å². The van der Waals surface area contributed by atoms with Crippen LogP contribution in [0.5, 0.6) is 0 Å². The van der Waals surface area contributed by atoms with Crippen LogP contribution < -0.4 is 10.6 Å². The fourth-order valence-electron chi connectivity index (χ4n) is 6.32.